The molecular weight excluding hydrogens is 254 g/mol. The molecule has 0 bridgehead atoms. The van der Waals surface area contributed by atoms with Gasteiger partial charge >= 0.3 is 0 Å². The number of hydrogen-bond acceptors (Lipinski definition) is 3. The molecule has 0 amide bonds. The topological polar surface area (TPSA) is 37.8 Å². The zero-order valence-electron chi connectivity index (χ0n) is 9.71. The lowest BCUT2D eigenvalue weighted by Gasteiger charge is -2.29. The van der Waals surface area contributed by atoms with Gasteiger partial charge in [0.1, 0.15) is 12.1 Å². The van der Waals surface area contributed by atoms with Crippen molar-refractivity contribution in [2.45, 2.75) is 27.7 Å². The van der Waals surface area contributed by atoms with Crippen LogP contribution in [0.3, 0.4) is 0 Å². The summed E-state index contributed by atoms with van der Waals surface area (Å²) >= 11 is 3.41. The first-order valence-electron chi connectivity index (χ1n) is 5.13. The van der Waals surface area contributed by atoms with Gasteiger partial charge in [0, 0.05) is 12.7 Å². The molecule has 0 spiro atoms. The summed E-state index contributed by atoms with van der Waals surface area (Å²) in [7, 11) is 0. The highest BCUT2D eigenvalue weighted by Gasteiger charge is 2.22. The normalized spacial score (nSPS) is 11.9. The molecule has 0 radical (unpaired) electrons. The van der Waals surface area contributed by atoms with Crippen molar-refractivity contribution in [2.75, 3.05) is 11.9 Å². The molecule has 0 fully saturated rings. The molecule has 0 aliphatic heterocycles. The summed E-state index contributed by atoms with van der Waals surface area (Å²) in [6.45, 7) is 9.87. The van der Waals surface area contributed by atoms with Crippen LogP contribution < -0.4 is 5.32 Å². The minimum atomic E-state index is 0.254. The molecule has 0 aliphatic carbocycles. The summed E-state index contributed by atoms with van der Waals surface area (Å²) in [6.07, 6.45) is 3.30. The molecule has 1 aromatic rings. The van der Waals surface area contributed by atoms with E-state index in [4.69, 9.17) is 0 Å². The zero-order chi connectivity index (χ0) is 11.5. The van der Waals surface area contributed by atoms with Crippen LogP contribution in [0.15, 0.2) is 17.0 Å². The number of nitrogens with zero attached hydrogens (tertiary/aromatic N) is 2. The molecule has 0 unspecified atom stereocenters. The third kappa shape index (κ3) is 3.45. The van der Waals surface area contributed by atoms with Gasteiger partial charge in [-0.2, -0.15) is 0 Å². The first-order valence-corrected chi connectivity index (χ1v) is 5.92. The SMILES string of the molecule is CC(C)C(C)(C)CNc1ncncc1Br. The van der Waals surface area contributed by atoms with E-state index >= 15 is 0 Å². The molecule has 1 N–H and O–H groups in total. The van der Waals surface area contributed by atoms with Crippen LogP contribution >= 0.6 is 15.9 Å². The van der Waals surface area contributed by atoms with Crippen molar-refractivity contribution < 1.29 is 0 Å². The standard InChI is InChI=1S/C11H18BrN3/c1-8(2)11(3,4)6-14-10-9(12)5-13-7-15-10/h5,7-8H,6H2,1-4H3,(H,13,14,15). The lowest BCUT2D eigenvalue weighted by Crippen LogP contribution is -2.28. The summed E-state index contributed by atoms with van der Waals surface area (Å²) in [5, 5.41) is 3.34. The van der Waals surface area contributed by atoms with E-state index in [0.29, 0.717) is 5.92 Å². The molecular formula is C11H18BrN3. The molecule has 1 rings (SSSR count). The Kier molecular flexibility index (Phi) is 4.08. The first kappa shape index (κ1) is 12.4. The van der Waals surface area contributed by atoms with Crippen LogP contribution in [0.1, 0.15) is 27.7 Å². The van der Waals surface area contributed by atoms with E-state index < -0.39 is 0 Å². The van der Waals surface area contributed by atoms with E-state index in [0.717, 1.165) is 16.8 Å². The van der Waals surface area contributed by atoms with Crippen LogP contribution in [0, 0.1) is 11.3 Å². The second-order valence-electron chi connectivity index (χ2n) is 4.72. The fourth-order valence-corrected chi connectivity index (χ4v) is 1.32. The van der Waals surface area contributed by atoms with Crippen LogP contribution in [-0.4, -0.2) is 16.5 Å². The van der Waals surface area contributed by atoms with E-state index in [1.165, 1.54) is 0 Å². The molecule has 0 saturated carbocycles. The van der Waals surface area contributed by atoms with Crippen LogP contribution in [0.2, 0.25) is 0 Å². The molecule has 4 heteroatoms. The van der Waals surface area contributed by atoms with Crippen LogP contribution in [0.5, 0.6) is 0 Å². The number of halogens is 1. The minimum Gasteiger partial charge on any atom is -0.368 e. The molecule has 15 heavy (non-hydrogen) atoms. The Bertz CT molecular complexity index is 323. The van der Waals surface area contributed by atoms with Gasteiger partial charge in [-0.05, 0) is 27.3 Å². The number of hydrogen-bond donors (Lipinski definition) is 1. The van der Waals surface area contributed by atoms with Gasteiger partial charge in [0.2, 0.25) is 0 Å². The molecule has 1 heterocycles. The maximum atomic E-state index is 4.17. The Labute approximate surface area is 99.8 Å². The van der Waals surface area contributed by atoms with E-state index in [1.807, 2.05) is 0 Å². The second kappa shape index (κ2) is 4.92. The molecule has 0 saturated heterocycles. The zero-order valence-corrected chi connectivity index (χ0v) is 11.3. The molecule has 1 aromatic heterocycles. The lowest BCUT2D eigenvalue weighted by atomic mass is 9.81. The fourth-order valence-electron chi connectivity index (χ4n) is 0.958. The monoisotopic (exact) mass is 271 g/mol. The van der Waals surface area contributed by atoms with Crippen molar-refractivity contribution >= 4 is 21.7 Å². The largest absolute Gasteiger partial charge is 0.368 e. The maximum absolute atomic E-state index is 4.17. The summed E-state index contributed by atoms with van der Waals surface area (Å²) < 4.78 is 0.907. The molecule has 0 aromatic carbocycles. The van der Waals surface area contributed by atoms with E-state index in [-0.39, 0.29) is 5.41 Å². The third-order valence-corrected chi connectivity index (χ3v) is 3.52. The summed E-state index contributed by atoms with van der Waals surface area (Å²) in [5.41, 5.74) is 0.254. The van der Waals surface area contributed by atoms with E-state index in [2.05, 4.69) is 58.9 Å². The van der Waals surface area contributed by atoms with Crippen molar-refractivity contribution in [3.8, 4) is 0 Å². The summed E-state index contributed by atoms with van der Waals surface area (Å²) in [6, 6.07) is 0. The highest BCUT2D eigenvalue weighted by atomic mass is 79.9. The Balaban J connectivity index is 2.62. The van der Waals surface area contributed by atoms with Gasteiger partial charge in [0.25, 0.3) is 0 Å². The van der Waals surface area contributed by atoms with Gasteiger partial charge in [0.15, 0.2) is 0 Å². The predicted octanol–water partition coefficient (Wildman–Crippen LogP) is 3.33. The summed E-state index contributed by atoms with van der Waals surface area (Å²) in [4.78, 5) is 8.10. The molecule has 84 valence electrons. The van der Waals surface area contributed by atoms with Crippen molar-refractivity contribution in [3.63, 3.8) is 0 Å². The Morgan fingerprint density at radius 2 is 2.13 bits per heavy atom. The number of aromatic nitrogens is 2. The Morgan fingerprint density at radius 1 is 1.47 bits per heavy atom. The van der Waals surface area contributed by atoms with Crippen LogP contribution in [0.25, 0.3) is 0 Å². The number of rotatable bonds is 4. The minimum absolute atomic E-state index is 0.254. The van der Waals surface area contributed by atoms with Gasteiger partial charge in [0.05, 0.1) is 4.47 Å². The van der Waals surface area contributed by atoms with Gasteiger partial charge < -0.3 is 5.32 Å². The van der Waals surface area contributed by atoms with Crippen molar-refractivity contribution in [2.24, 2.45) is 11.3 Å². The van der Waals surface area contributed by atoms with Gasteiger partial charge in [-0.15, -0.1) is 0 Å². The van der Waals surface area contributed by atoms with Crippen LogP contribution in [-0.2, 0) is 0 Å². The van der Waals surface area contributed by atoms with E-state index in [1.54, 1.807) is 12.5 Å². The Morgan fingerprint density at radius 3 is 2.67 bits per heavy atom. The second-order valence-corrected chi connectivity index (χ2v) is 5.57. The van der Waals surface area contributed by atoms with Crippen molar-refractivity contribution in [1.29, 1.82) is 0 Å². The van der Waals surface area contributed by atoms with Gasteiger partial charge in [-0.3, -0.25) is 0 Å². The quantitative estimate of drug-likeness (QED) is 0.913. The smallest absolute Gasteiger partial charge is 0.143 e. The molecule has 0 atom stereocenters. The Hall–Kier alpha value is -0.640. The highest BCUT2D eigenvalue weighted by Crippen LogP contribution is 2.27. The first-order chi connectivity index (χ1) is 6.93. The van der Waals surface area contributed by atoms with Crippen molar-refractivity contribution in [1.82, 2.24) is 9.97 Å². The van der Waals surface area contributed by atoms with Crippen molar-refractivity contribution in [3.05, 3.63) is 17.0 Å². The fraction of sp³-hybridized carbons (Fsp3) is 0.636. The average Bonchev–Trinajstić information content (AvgIpc) is 2.16. The van der Waals surface area contributed by atoms with Crippen LogP contribution in [0.4, 0.5) is 5.82 Å². The molecule has 0 aliphatic rings. The third-order valence-electron chi connectivity index (χ3n) is 2.94. The molecule has 3 nitrogen and oxygen atoms in total. The number of anilines is 1. The summed E-state index contributed by atoms with van der Waals surface area (Å²) in [5.74, 6) is 1.49. The van der Waals surface area contributed by atoms with E-state index in [9.17, 15) is 0 Å². The maximum Gasteiger partial charge on any atom is 0.143 e. The van der Waals surface area contributed by atoms with Gasteiger partial charge in [-0.1, -0.05) is 27.7 Å². The predicted molar refractivity (Wildman–Crippen MR) is 66.8 cm³/mol. The average molecular weight is 272 g/mol. The lowest BCUT2D eigenvalue weighted by molar-refractivity contribution is 0.269. The van der Waals surface area contributed by atoms with Gasteiger partial charge in [-0.25, -0.2) is 9.97 Å². The highest BCUT2D eigenvalue weighted by molar-refractivity contribution is 9.10. The number of nitrogens with one attached hydrogen (secondary N) is 1.